The average Bonchev–Trinajstić information content (AvgIpc) is 3.52. The molecule has 0 fully saturated rings. The van der Waals surface area contributed by atoms with E-state index in [1.54, 1.807) is 11.5 Å². The molecular weight excluding hydrogens is 480 g/mol. The molecule has 0 aliphatic carbocycles. The SMILES string of the molecule is COC(=O)C1=C(C)N=c2sc(=Cc3ccc(OCc4ccccc4)cc3)c(=O)n2[C@@H]1c1cccs1. The average molecular weight is 503 g/mol. The summed E-state index contributed by atoms with van der Waals surface area (Å²) in [6.45, 7) is 2.27. The van der Waals surface area contributed by atoms with Gasteiger partial charge in [-0.2, -0.15) is 0 Å². The van der Waals surface area contributed by atoms with Crippen LogP contribution in [-0.4, -0.2) is 17.6 Å². The fourth-order valence-electron chi connectivity index (χ4n) is 3.96. The number of thiazole rings is 1. The lowest BCUT2D eigenvalue weighted by Crippen LogP contribution is -2.39. The van der Waals surface area contributed by atoms with E-state index in [4.69, 9.17) is 9.47 Å². The highest BCUT2D eigenvalue weighted by Crippen LogP contribution is 2.33. The number of hydrogen-bond acceptors (Lipinski definition) is 7. The minimum absolute atomic E-state index is 0.189. The Balaban J connectivity index is 1.48. The van der Waals surface area contributed by atoms with Gasteiger partial charge in [0.15, 0.2) is 4.80 Å². The Hall–Kier alpha value is -3.75. The van der Waals surface area contributed by atoms with Gasteiger partial charge < -0.3 is 9.47 Å². The van der Waals surface area contributed by atoms with Gasteiger partial charge in [-0.25, -0.2) is 9.79 Å². The summed E-state index contributed by atoms with van der Waals surface area (Å²) >= 11 is 2.80. The lowest BCUT2D eigenvalue weighted by Gasteiger charge is -2.22. The fourth-order valence-corrected chi connectivity index (χ4v) is 5.83. The number of carbonyl (C=O) groups is 1. The van der Waals surface area contributed by atoms with Crippen molar-refractivity contribution < 1.29 is 14.3 Å². The quantitative estimate of drug-likeness (QED) is 0.373. The van der Waals surface area contributed by atoms with Crippen LogP contribution in [0, 0.1) is 0 Å². The highest BCUT2D eigenvalue weighted by Gasteiger charge is 2.33. The molecule has 35 heavy (non-hydrogen) atoms. The topological polar surface area (TPSA) is 69.9 Å². The Labute approximate surface area is 209 Å². The van der Waals surface area contributed by atoms with Crippen LogP contribution in [0.15, 0.2) is 93.2 Å². The molecule has 0 amide bonds. The van der Waals surface area contributed by atoms with E-state index in [-0.39, 0.29) is 5.56 Å². The van der Waals surface area contributed by atoms with Crippen LogP contribution >= 0.6 is 22.7 Å². The highest BCUT2D eigenvalue weighted by atomic mass is 32.1. The largest absolute Gasteiger partial charge is 0.489 e. The molecular formula is C27H22N2O4S2. The summed E-state index contributed by atoms with van der Waals surface area (Å²) in [5.41, 5.74) is 2.72. The third kappa shape index (κ3) is 4.62. The third-order valence-electron chi connectivity index (χ3n) is 5.67. The van der Waals surface area contributed by atoms with Crippen LogP contribution in [0.2, 0.25) is 0 Å². The molecule has 0 saturated heterocycles. The van der Waals surface area contributed by atoms with Gasteiger partial charge in [0.2, 0.25) is 0 Å². The first-order valence-corrected chi connectivity index (χ1v) is 12.7. The fraction of sp³-hybridized carbons (Fsp3) is 0.148. The van der Waals surface area contributed by atoms with Crippen molar-refractivity contribution in [3.63, 3.8) is 0 Å². The Morgan fingerprint density at radius 1 is 1.09 bits per heavy atom. The molecule has 0 bridgehead atoms. The monoisotopic (exact) mass is 502 g/mol. The van der Waals surface area contributed by atoms with Crippen molar-refractivity contribution in [1.29, 1.82) is 0 Å². The van der Waals surface area contributed by atoms with Crippen molar-refractivity contribution in [2.75, 3.05) is 7.11 Å². The molecule has 0 radical (unpaired) electrons. The van der Waals surface area contributed by atoms with Crippen molar-refractivity contribution >= 4 is 34.7 Å². The molecule has 0 unspecified atom stereocenters. The van der Waals surface area contributed by atoms with Crippen molar-refractivity contribution in [2.45, 2.75) is 19.6 Å². The van der Waals surface area contributed by atoms with Gasteiger partial charge in [0.25, 0.3) is 5.56 Å². The van der Waals surface area contributed by atoms with E-state index < -0.39 is 12.0 Å². The zero-order chi connectivity index (χ0) is 24.4. The van der Waals surface area contributed by atoms with Gasteiger partial charge in [-0.3, -0.25) is 9.36 Å². The number of thiophene rings is 1. The summed E-state index contributed by atoms with van der Waals surface area (Å²) < 4.78 is 13.0. The number of carbonyl (C=O) groups excluding carboxylic acids is 1. The molecule has 0 saturated carbocycles. The first-order valence-electron chi connectivity index (χ1n) is 11.0. The second kappa shape index (κ2) is 9.85. The minimum Gasteiger partial charge on any atom is -0.489 e. The molecule has 1 atom stereocenters. The molecule has 176 valence electrons. The molecule has 5 rings (SSSR count). The summed E-state index contributed by atoms with van der Waals surface area (Å²) in [5.74, 6) is 0.272. The maximum absolute atomic E-state index is 13.5. The smallest absolute Gasteiger partial charge is 0.338 e. The number of hydrogen-bond donors (Lipinski definition) is 0. The number of ether oxygens (including phenoxy) is 2. The van der Waals surface area contributed by atoms with Gasteiger partial charge in [-0.05, 0) is 47.7 Å². The van der Waals surface area contributed by atoms with Crippen LogP contribution in [0.5, 0.6) is 5.75 Å². The van der Waals surface area contributed by atoms with Crippen molar-refractivity contribution in [2.24, 2.45) is 4.99 Å². The van der Waals surface area contributed by atoms with Gasteiger partial charge in [0, 0.05) is 4.88 Å². The van der Waals surface area contributed by atoms with E-state index in [0.717, 1.165) is 21.8 Å². The van der Waals surface area contributed by atoms with E-state index >= 15 is 0 Å². The first-order chi connectivity index (χ1) is 17.0. The Morgan fingerprint density at radius 3 is 2.54 bits per heavy atom. The summed E-state index contributed by atoms with van der Waals surface area (Å²) in [4.78, 5) is 32.1. The predicted octanol–water partition coefficient (Wildman–Crippen LogP) is 4.05. The van der Waals surface area contributed by atoms with Gasteiger partial charge in [-0.15, -0.1) is 11.3 Å². The Bertz CT molecular complexity index is 1560. The Kier molecular flexibility index (Phi) is 6.48. The summed E-state index contributed by atoms with van der Waals surface area (Å²) in [7, 11) is 1.34. The number of rotatable bonds is 6. The van der Waals surface area contributed by atoms with Gasteiger partial charge >= 0.3 is 5.97 Å². The zero-order valence-corrected chi connectivity index (χ0v) is 20.8. The van der Waals surface area contributed by atoms with E-state index in [1.807, 2.05) is 78.2 Å². The molecule has 1 aliphatic heterocycles. The molecule has 0 N–H and O–H groups in total. The summed E-state index contributed by atoms with van der Waals surface area (Å²) in [6.07, 6.45) is 1.84. The molecule has 0 spiro atoms. The lowest BCUT2D eigenvalue weighted by molar-refractivity contribution is -0.136. The number of methoxy groups -OCH3 is 1. The van der Waals surface area contributed by atoms with Gasteiger partial charge in [0.1, 0.15) is 18.4 Å². The summed E-state index contributed by atoms with van der Waals surface area (Å²) in [6, 6.07) is 20.9. The standard InChI is InChI=1S/C27H22N2O4S2/c1-17-23(26(31)32-2)24(21-9-6-14-34-21)29-25(30)22(35-27(29)28-17)15-18-10-12-20(13-11-18)33-16-19-7-4-3-5-8-19/h3-15,24H,16H2,1-2H3/t24-/m1/s1. The third-order valence-corrected chi connectivity index (χ3v) is 7.57. The molecule has 4 aromatic rings. The Morgan fingerprint density at radius 2 is 1.86 bits per heavy atom. The van der Waals surface area contributed by atoms with E-state index in [9.17, 15) is 9.59 Å². The number of nitrogens with zero attached hydrogens (tertiary/aromatic N) is 2. The molecule has 3 heterocycles. The van der Waals surface area contributed by atoms with Crippen LogP contribution in [0.3, 0.4) is 0 Å². The van der Waals surface area contributed by atoms with Crippen LogP contribution in [-0.2, 0) is 16.1 Å². The molecule has 2 aromatic heterocycles. The summed E-state index contributed by atoms with van der Waals surface area (Å²) in [5, 5.41) is 1.93. The maximum atomic E-state index is 13.5. The highest BCUT2D eigenvalue weighted by molar-refractivity contribution is 7.10. The van der Waals surface area contributed by atoms with Crippen LogP contribution in [0.1, 0.15) is 29.0 Å². The van der Waals surface area contributed by atoms with Gasteiger partial charge in [0.05, 0.1) is 22.9 Å². The van der Waals surface area contributed by atoms with E-state index in [2.05, 4.69) is 4.99 Å². The van der Waals surface area contributed by atoms with Crippen LogP contribution < -0.4 is 19.6 Å². The van der Waals surface area contributed by atoms with E-state index in [1.165, 1.54) is 29.8 Å². The van der Waals surface area contributed by atoms with Crippen molar-refractivity contribution in [1.82, 2.24) is 4.57 Å². The molecule has 1 aliphatic rings. The van der Waals surface area contributed by atoms with Crippen LogP contribution in [0.25, 0.3) is 6.08 Å². The second-order valence-electron chi connectivity index (χ2n) is 7.93. The molecule has 6 nitrogen and oxygen atoms in total. The first kappa shape index (κ1) is 23.0. The predicted molar refractivity (Wildman–Crippen MR) is 137 cm³/mol. The number of benzene rings is 2. The molecule has 8 heteroatoms. The number of esters is 1. The number of allylic oxidation sites excluding steroid dienone is 1. The lowest BCUT2D eigenvalue weighted by atomic mass is 10.0. The zero-order valence-electron chi connectivity index (χ0n) is 19.1. The normalized spacial score (nSPS) is 15.5. The maximum Gasteiger partial charge on any atom is 0.338 e. The number of aromatic nitrogens is 1. The number of fused-ring (bicyclic) bond motifs is 1. The van der Waals surface area contributed by atoms with Crippen molar-refractivity contribution in [3.8, 4) is 5.75 Å². The van der Waals surface area contributed by atoms with Gasteiger partial charge in [-0.1, -0.05) is 59.9 Å². The second-order valence-corrected chi connectivity index (χ2v) is 9.92. The van der Waals surface area contributed by atoms with E-state index in [0.29, 0.717) is 27.2 Å². The molecule has 2 aromatic carbocycles. The van der Waals surface area contributed by atoms with Crippen LogP contribution in [0.4, 0.5) is 0 Å². The minimum atomic E-state index is -0.561. The van der Waals surface area contributed by atoms with Crippen molar-refractivity contribution in [3.05, 3.63) is 119 Å².